The molecule has 0 bridgehead atoms. The van der Waals surface area contributed by atoms with Crippen LogP contribution in [0.1, 0.15) is 10.4 Å². The van der Waals surface area contributed by atoms with E-state index in [9.17, 15) is 9.18 Å². The SMILES string of the molecule is O=C(Nc1nnc(-c2ccc(Cl)cc2Cl)o1)c1ccc(F)cc1. The van der Waals surface area contributed by atoms with Gasteiger partial charge in [-0.1, -0.05) is 28.3 Å². The zero-order valence-electron chi connectivity index (χ0n) is 11.4. The number of hydrogen-bond donors (Lipinski definition) is 1. The molecule has 3 rings (SSSR count). The normalized spacial score (nSPS) is 10.6. The van der Waals surface area contributed by atoms with Gasteiger partial charge >= 0.3 is 6.01 Å². The molecular weight excluding hydrogens is 344 g/mol. The largest absolute Gasteiger partial charge is 0.403 e. The molecule has 0 aliphatic rings. The average Bonchev–Trinajstić information content (AvgIpc) is 2.96. The van der Waals surface area contributed by atoms with Crippen LogP contribution in [0.5, 0.6) is 0 Å². The highest BCUT2D eigenvalue weighted by Crippen LogP contribution is 2.30. The summed E-state index contributed by atoms with van der Waals surface area (Å²) in [4.78, 5) is 12.0. The molecule has 1 aromatic heterocycles. The maximum atomic E-state index is 12.8. The summed E-state index contributed by atoms with van der Waals surface area (Å²) in [5, 5.41) is 10.8. The fourth-order valence-corrected chi connectivity index (χ4v) is 2.31. The van der Waals surface area contributed by atoms with Crippen LogP contribution in [0.3, 0.4) is 0 Å². The van der Waals surface area contributed by atoms with Crippen molar-refractivity contribution < 1.29 is 13.6 Å². The average molecular weight is 352 g/mol. The van der Waals surface area contributed by atoms with Crippen LogP contribution >= 0.6 is 23.2 Å². The van der Waals surface area contributed by atoms with Gasteiger partial charge in [-0.3, -0.25) is 10.1 Å². The number of rotatable bonds is 3. The van der Waals surface area contributed by atoms with Crippen LogP contribution < -0.4 is 5.32 Å². The molecule has 0 aliphatic heterocycles. The summed E-state index contributed by atoms with van der Waals surface area (Å²) in [6.07, 6.45) is 0. The molecule has 0 unspecified atom stereocenters. The molecule has 1 N–H and O–H groups in total. The van der Waals surface area contributed by atoms with Crippen LogP contribution in [0, 0.1) is 5.82 Å². The Hall–Kier alpha value is -2.44. The van der Waals surface area contributed by atoms with Crippen molar-refractivity contribution in [2.24, 2.45) is 0 Å². The van der Waals surface area contributed by atoms with Gasteiger partial charge in [-0.05, 0) is 42.5 Å². The molecule has 2 aromatic carbocycles. The first kappa shape index (κ1) is 15.5. The van der Waals surface area contributed by atoms with Crippen LogP contribution in [-0.4, -0.2) is 16.1 Å². The highest BCUT2D eigenvalue weighted by molar-refractivity contribution is 6.36. The van der Waals surface area contributed by atoms with Crippen LogP contribution in [0.4, 0.5) is 10.4 Å². The topological polar surface area (TPSA) is 68.0 Å². The molecule has 0 aliphatic carbocycles. The van der Waals surface area contributed by atoms with Gasteiger partial charge in [0.15, 0.2) is 0 Å². The number of nitrogens with zero attached hydrogens (tertiary/aromatic N) is 2. The smallest absolute Gasteiger partial charge is 0.322 e. The van der Waals surface area contributed by atoms with Gasteiger partial charge in [0.05, 0.1) is 10.6 Å². The predicted molar refractivity (Wildman–Crippen MR) is 84.1 cm³/mol. The van der Waals surface area contributed by atoms with E-state index < -0.39 is 11.7 Å². The number of aromatic nitrogens is 2. The van der Waals surface area contributed by atoms with Gasteiger partial charge in [0.2, 0.25) is 0 Å². The molecule has 116 valence electrons. The fraction of sp³-hybridized carbons (Fsp3) is 0. The van der Waals surface area contributed by atoms with Gasteiger partial charge in [-0.25, -0.2) is 4.39 Å². The van der Waals surface area contributed by atoms with E-state index in [1.165, 1.54) is 24.3 Å². The number of halogens is 3. The molecule has 1 heterocycles. The molecule has 5 nitrogen and oxygen atoms in total. The van der Waals surface area contributed by atoms with E-state index in [0.717, 1.165) is 0 Å². The van der Waals surface area contributed by atoms with Crippen molar-refractivity contribution in [2.45, 2.75) is 0 Å². The van der Waals surface area contributed by atoms with Crippen molar-refractivity contribution in [3.05, 3.63) is 63.9 Å². The third-order valence-corrected chi connectivity index (χ3v) is 3.46. The highest BCUT2D eigenvalue weighted by atomic mass is 35.5. The van der Waals surface area contributed by atoms with Crippen molar-refractivity contribution in [3.63, 3.8) is 0 Å². The zero-order valence-corrected chi connectivity index (χ0v) is 12.9. The van der Waals surface area contributed by atoms with E-state index in [1.54, 1.807) is 18.2 Å². The van der Waals surface area contributed by atoms with E-state index in [0.29, 0.717) is 15.6 Å². The molecule has 0 atom stereocenters. The lowest BCUT2D eigenvalue weighted by Gasteiger charge is -2.01. The number of carbonyl (C=O) groups is 1. The summed E-state index contributed by atoms with van der Waals surface area (Å²) in [6.45, 7) is 0. The minimum Gasteiger partial charge on any atom is -0.403 e. The second kappa shape index (κ2) is 6.36. The molecule has 0 radical (unpaired) electrons. The quantitative estimate of drug-likeness (QED) is 0.757. The first-order valence-electron chi connectivity index (χ1n) is 6.39. The summed E-state index contributed by atoms with van der Waals surface area (Å²) in [5.41, 5.74) is 0.751. The van der Waals surface area contributed by atoms with Crippen LogP contribution in [0.2, 0.25) is 10.0 Å². The van der Waals surface area contributed by atoms with Gasteiger partial charge in [0.1, 0.15) is 5.82 Å². The Morgan fingerprint density at radius 3 is 2.52 bits per heavy atom. The van der Waals surface area contributed by atoms with E-state index in [2.05, 4.69) is 15.5 Å². The minimum absolute atomic E-state index is 0.0969. The number of amides is 1. The summed E-state index contributed by atoms with van der Waals surface area (Å²) in [7, 11) is 0. The zero-order chi connectivity index (χ0) is 16.4. The molecule has 0 saturated heterocycles. The molecule has 3 aromatic rings. The number of benzene rings is 2. The predicted octanol–water partition coefficient (Wildman–Crippen LogP) is 4.43. The summed E-state index contributed by atoms with van der Waals surface area (Å²) in [5.74, 6) is -0.789. The molecule has 0 saturated carbocycles. The maximum Gasteiger partial charge on any atom is 0.322 e. The standard InChI is InChI=1S/C15H8Cl2FN3O2/c16-9-3-6-11(12(17)7-9)14-20-21-15(23-14)19-13(22)8-1-4-10(18)5-2-8/h1-7H,(H,19,21,22). The Labute approximate surface area is 140 Å². The first-order valence-corrected chi connectivity index (χ1v) is 7.14. The Kier molecular flexibility index (Phi) is 4.27. The molecule has 0 fully saturated rings. The summed E-state index contributed by atoms with van der Waals surface area (Å²) >= 11 is 11.9. The Balaban J connectivity index is 1.79. The van der Waals surface area contributed by atoms with Gasteiger partial charge in [-0.15, -0.1) is 5.10 Å². The first-order chi connectivity index (χ1) is 11.0. The fourth-order valence-electron chi connectivity index (χ4n) is 1.82. The number of anilines is 1. The van der Waals surface area contributed by atoms with Crippen molar-refractivity contribution in [1.82, 2.24) is 10.2 Å². The van der Waals surface area contributed by atoms with Gasteiger partial charge in [-0.2, -0.15) is 0 Å². The second-order valence-electron chi connectivity index (χ2n) is 4.50. The summed E-state index contributed by atoms with van der Waals surface area (Å²) in [6, 6.07) is 9.76. The molecule has 8 heteroatoms. The van der Waals surface area contributed by atoms with Crippen molar-refractivity contribution in [2.75, 3.05) is 5.32 Å². The lowest BCUT2D eigenvalue weighted by molar-refractivity contribution is 0.102. The van der Waals surface area contributed by atoms with Crippen molar-refractivity contribution >= 4 is 35.1 Å². The van der Waals surface area contributed by atoms with Gasteiger partial charge in [0, 0.05) is 10.6 Å². The summed E-state index contributed by atoms with van der Waals surface area (Å²) < 4.78 is 18.2. The maximum absolute atomic E-state index is 12.8. The second-order valence-corrected chi connectivity index (χ2v) is 5.34. The van der Waals surface area contributed by atoms with Crippen molar-refractivity contribution in [1.29, 1.82) is 0 Å². The van der Waals surface area contributed by atoms with E-state index in [1.807, 2.05) is 0 Å². The molecule has 0 spiro atoms. The third-order valence-electron chi connectivity index (χ3n) is 2.91. The van der Waals surface area contributed by atoms with E-state index in [4.69, 9.17) is 27.6 Å². The minimum atomic E-state index is -0.498. The number of nitrogens with one attached hydrogen (secondary N) is 1. The highest BCUT2D eigenvalue weighted by Gasteiger charge is 2.15. The van der Waals surface area contributed by atoms with Gasteiger partial charge in [0.25, 0.3) is 11.8 Å². The third kappa shape index (κ3) is 3.49. The van der Waals surface area contributed by atoms with E-state index >= 15 is 0 Å². The van der Waals surface area contributed by atoms with Crippen LogP contribution in [0.15, 0.2) is 46.9 Å². The molecular formula is C15H8Cl2FN3O2. The van der Waals surface area contributed by atoms with Gasteiger partial charge < -0.3 is 4.42 Å². The van der Waals surface area contributed by atoms with Crippen LogP contribution in [-0.2, 0) is 0 Å². The Bertz CT molecular complexity index is 865. The lowest BCUT2D eigenvalue weighted by Crippen LogP contribution is -2.12. The lowest BCUT2D eigenvalue weighted by atomic mass is 10.2. The van der Waals surface area contributed by atoms with Crippen LogP contribution in [0.25, 0.3) is 11.5 Å². The van der Waals surface area contributed by atoms with Crippen molar-refractivity contribution in [3.8, 4) is 11.5 Å². The molecule has 1 amide bonds. The monoisotopic (exact) mass is 351 g/mol. The Morgan fingerprint density at radius 2 is 1.83 bits per heavy atom. The Morgan fingerprint density at radius 1 is 1.09 bits per heavy atom. The van der Waals surface area contributed by atoms with E-state index in [-0.39, 0.29) is 17.5 Å². The number of hydrogen-bond acceptors (Lipinski definition) is 4. The molecule has 23 heavy (non-hydrogen) atoms. The number of carbonyl (C=O) groups excluding carboxylic acids is 1.